The van der Waals surface area contributed by atoms with Gasteiger partial charge in [-0.15, -0.1) is 0 Å². The Morgan fingerprint density at radius 3 is 2.10 bits per heavy atom. The molecular formula is C18H36N2. The normalized spacial score (nSPS) is 34.6. The molecule has 1 heterocycles. The second kappa shape index (κ2) is 5.96. The molecule has 2 heteroatoms. The first-order chi connectivity index (χ1) is 9.35. The molecule has 1 saturated carbocycles. The summed E-state index contributed by atoms with van der Waals surface area (Å²) in [6.07, 6.45) is 10.7. The lowest BCUT2D eigenvalue weighted by atomic mass is 9.75. The van der Waals surface area contributed by atoms with Crippen molar-refractivity contribution in [1.82, 2.24) is 4.90 Å². The molecule has 0 aromatic rings. The van der Waals surface area contributed by atoms with Gasteiger partial charge < -0.3 is 5.73 Å². The smallest absolute Gasteiger partial charge is 0.0331 e. The Morgan fingerprint density at radius 2 is 1.55 bits per heavy atom. The molecule has 0 radical (unpaired) electrons. The fraction of sp³-hybridized carbons (Fsp3) is 1.00. The van der Waals surface area contributed by atoms with Crippen LogP contribution in [0.3, 0.4) is 0 Å². The molecule has 2 nitrogen and oxygen atoms in total. The zero-order valence-electron chi connectivity index (χ0n) is 14.3. The minimum Gasteiger partial charge on any atom is -0.329 e. The first-order valence-electron chi connectivity index (χ1n) is 8.80. The quantitative estimate of drug-likeness (QED) is 0.786. The van der Waals surface area contributed by atoms with Crippen molar-refractivity contribution in [3.8, 4) is 0 Å². The van der Waals surface area contributed by atoms with Gasteiger partial charge in [0, 0.05) is 12.1 Å². The van der Waals surface area contributed by atoms with Crippen molar-refractivity contribution in [2.24, 2.45) is 16.6 Å². The fourth-order valence-electron chi connectivity index (χ4n) is 4.24. The summed E-state index contributed by atoms with van der Waals surface area (Å²) >= 11 is 0. The summed E-state index contributed by atoms with van der Waals surface area (Å²) in [6.45, 7) is 13.1. The molecule has 0 amide bonds. The van der Waals surface area contributed by atoms with E-state index in [9.17, 15) is 0 Å². The van der Waals surface area contributed by atoms with Gasteiger partial charge in [0.2, 0.25) is 0 Å². The first-order valence-corrected chi connectivity index (χ1v) is 8.80. The molecule has 1 aliphatic heterocycles. The maximum absolute atomic E-state index is 6.29. The van der Waals surface area contributed by atoms with E-state index >= 15 is 0 Å². The Hall–Kier alpha value is -0.0800. The molecule has 0 aromatic carbocycles. The van der Waals surface area contributed by atoms with Crippen molar-refractivity contribution in [1.29, 1.82) is 0 Å². The van der Waals surface area contributed by atoms with Crippen LogP contribution in [-0.4, -0.2) is 30.1 Å². The largest absolute Gasteiger partial charge is 0.329 e. The molecule has 0 aromatic heterocycles. The van der Waals surface area contributed by atoms with Crippen molar-refractivity contribution < 1.29 is 0 Å². The van der Waals surface area contributed by atoms with Crippen LogP contribution in [0, 0.1) is 10.8 Å². The molecule has 118 valence electrons. The SMILES string of the molecule is CCC1(C)CCN(C2(CN)CCCC(C)(C)CC2)CC1. The van der Waals surface area contributed by atoms with Crippen molar-refractivity contribution in [2.45, 2.75) is 84.6 Å². The van der Waals surface area contributed by atoms with Crippen LogP contribution in [0.15, 0.2) is 0 Å². The van der Waals surface area contributed by atoms with Gasteiger partial charge in [0.1, 0.15) is 0 Å². The molecule has 2 rings (SSSR count). The van der Waals surface area contributed by atoms with Gasteiger partial charge in [-0.3, -0.25) is 4.90 Å². The van der Waals surface area contributed by atoms with E-state index in [0.29, 0.717) is 16.4 Å². The molecule has 20 heavy (non-hydrogen) atoms. The highest BCUT2D eigenvalue weighted by Crippen LogP contribution is 2.43. The standard InChI is InChI=1S/C18H36N2/c1-5-17(4)11-13-20(14-12-17)18(15-19)8-6-7-16(2,3)9-10-18/h5-15,19H2,1-4H3. The van der Waals surface area contributed by atoms with Crippen LogP contribution in [0.4, 0.5) is 0 Å². The molecule has 1 atom stereocenters. The zero-order chi connectivity index (χ0) is 14.9. The van der Waals surface area contributed by atoms with Gasteiger partial charge in [0.15, 0.2) is 0 Å². The fourth-order valence-corrected chi connectivity index (χ4v) is 4.24. The molecular weight excluding hydrogens is 244 g/mol. The van der Waals surface area contributed by atoms with Crippen molar-refractivity contribution >= 4 is 0 Å². The minimum absolute atomic E-state index is 0.308. The summed E-state index contributed by atoms with van der Waals surface area (Å²) in [6, 6.07) is 0. The summed E-state index contributed by atoms with van der Waals surface area (Å²) in [5.41, 5.74) is 7.69. The van der Waals surface area contributed by atoms with Gasteiger partial charge in [-0.25, -0.2) is 0 Å². The number of nitrogens with two attached hydrogens (primary N) is 1. The third-order valence-corrected chi connectivity index (χ3v) is 6.64. The molecule has 2 fully saturated rings. The lowest BCUT2D eigenvalue weighted by Crippen LogP contribution is -2.57. The second-order valence-corrected chi connectivity index (χ2v) is 8.60. The predicted molar refractivity (Wildman–Crippen MR) is 87.9 cm³/mol. The zero-order valence-corrected chi connectivity index (χ0v) is 14.3. The minimum atomic E-state index is 0.308. The van der Waals surface area contributed by atoms with Gasteiger partial charge >= 0.3 is 0 Å². The Labute approximate surface area is 126 Å². The lowest BCUT2D eigenvalue weighted by molar-refractivity contribution is 0.0143. The number of nitrogens with zero attached hydrogens (tertiary/aromatic N) is 1. The summed E-state index contributed by atoms with van der Waals surface area (Å²) in [7, 11) is 0. The van der Waals surface area contributed by atoms with Crippen LogP contribution in [0.1, 0.15) is 79.1 Å². The number of hydrogen-bond acceptors (Lipinski definition) is 2. The van der Waals surface area contributed by atoms with E-state index in [1.54, 1.807) is 0 Å². The average Bonchev–Trinajstić information content (AvgIpc) is 2.59. The van der Waals surface area contributed by atoms with E-state index in [-0.39, 0.29) is 0 Å². The predicted octanol–water partition coefficient (Wildman–Crippen LogP) is 4.19. The average molecular weight is 280 g/mol. The van der Waals surface area contributed by atoms with Crippen LogP contribution in [0.2, 0.25) is 0 Å². The van der Waals surface area contributed by atoms with Gasteiger partial charge in [-0.2, -0.15) is 0 Å². The van der Waals surface area contributed by atoms with E-state index < -0.39 is 0 Å². The number of likely N-dealkylation sites (tertiary alicyclic amines) is 1. The maximum atomic E-state index is 6.29. The van der Waals surface area contributed by atoms with Crippen LogP contribution in [0.25, 0.3) is 0 Å². The Balaban J connectivity index is 2.05. The molecule has 0 bridgehead atoms. The maximum Gasteiger partial charge on any atom is 0.0331 e. The molecule has 0 spiro atoms. The van der Waals surface area contributed by atoms with Crippen LogP contribution in [-0.2, 0) is 0 Å². The molecule has 1 unspecified atom stereocenters. The van der Waals surface area contributed by atoms with Crippen LogP contribution < -0.4 is 5.73 Å². The third-order valence-electron chi connectivity index (χ3n) is 6.64. The molecule has 2 N–H and O–H groups in total. The van der Waals surface area contributed by atoms with Crippen molar-refractivity contribution in [2.75, 3.05) is 19.6 Å². The van der Waals surface area contributed by atoms with Gasteiger partial charge in [0.25, 0.3) is 0 Å². The first kappa shape index (κ1) is 16.3. The van der Waals surface area contributed by atoms with Crippen molar-refractivity contribution in [3.05, 3.63) is 0 Å². The van der Waals surface area contributed by atoms with Crippen LogP contribution >= 0.6 is 0 Å². The highest BCUT2D eigenvalue weighted by Gasteiger charge is 2.42. The third kappa shape index (κ3) is 3.39. The highest BCUT2D eigenvalue weighted by molar-refractivity contribution is 4.98. The van der Waals surface area contributed by atoms with E-state index in [4.69, 9.17) is 5.73 Å². The Bertz CT molecular complexity index is 315. The van der Waals surface area contributed by atoms with Gasteiger partial charge in [-0.05, 0) is 62.4 Å². The molecule has 1 aliphatic carbocycles. The monoisotopic (exact) mass is 280 g/mol. The summed E-state index contributed by atoms with van der Waals surface area (Å²) in [5, 5.41) is 0. The van der Waals surface area contributed by atoms with E-state index in [1.165, 1.54) is 64.5 Å². The van der Waals surface area contributed by atoms with Gasteiger partial charge in [0.05, 0.1) is 0 Å². The topological polar surface area (TPSA) is 29.3 Å². The second-order valence-electron chi connectivity index (χ2n) is 8.60. The highest BCUT2D eigenvalue weighted by atomic mass is 15.2. The van der Waals surface area contributed by atoms with E-state index in [2.05, 4.69) is 32.6 Å². The van der Waals surface area contributed by atoms with E-state index in [0.717, 1.165) is 6.54 Å². The number of rotatable bonds is 3. The van der Waals surface area contributed by atoms with E-state index in [1.807, 2.05) is 0 Å². The summed E-state index contributed by atoms with van der Waals surface area (Å²) in [5.74, 6) is 0. The number of hydrogen-bond donors (Lipinski definition) is 1. The molecule has 1 saturated heterocycles. The lowest BCUT2D eigenvalue weighted by Gasteiger charge is -2.49. The summed E-state index contributed by atoms with van der Waals surface area (Å²) in [4.78, 5) is 2.77. The van der Waals surface area contributed by atoms with Crippen molar-refractivity contribution in [3.63, 3.8) is 0 Å². The molecule has 2 aliphatic rings. The number of piperidine rings is 1. The Morgan fingerprint density at radius 1 is 0.900 bits per heavy atom. The van der Waals surface area contributed by atoms with Crippen LogP contribution in [0.5, 0.6) is 0 Å². The Kier molecular flexibility index (Phi) is 4.86. The van der Waals surface area contributed by atoms with Gasteiger partial charge in [-0.1, -0.05) is 40.5 Å². The summed E-state index contributed by atoms with van der Waals surface area (Å²) < 4.78 is 0.